The van der Waals surface area contributed by atoms with E-state index in [9.17, 15) is 5.11 Å². The van der Waals surface area contributed by atoms with Crippen LogP contribution in [0.15, 0.2) is 6.07 Å². The third kappa shape index (κ3) is 1.04. The first-order valence-electron chi connectivity index (χ1n) is 4.20. The standard InChI is InChI=1S/C9H13NOS/c1-6-5-7(8(10)12-6)9(11)3-2-4-9/h5,11H,2-4,10H2,1H3. The maximum absolute atomic E-state index is 10.0. The van der Waals surface area contributed by atoms with Gasteiger partial charge in [0.05, 0.1) is 10.6 Å². The summed E-state index contributed by atoms with van der Waals surface area (Å²) in [5, 5.41) is 10.8. The van der Waals surface area contributed by atoms with Crippen LogP contribution in [0.1, 0.15) is 29.7 Å². The van der Waals surface area contributed by atoms with E-state index < -0.39 is 5.60 Å². The average molecular weight is 183 g/mol. The van der Waals surface area contributed by atoms with Crippen LogP contribution in [-0.4, -0.2) is 5.11 Å². The molecule has 0 unspecified atom stereocenters. The number of hydrogen-bond acceptors (Lipinski definition) is 3. The fraction of sp³-hybridized carbons (Fsp3) is 0.556. The predicted octanol–water partition coefficient (Wildman–Crippen LogP) is 2.01. The first-order valence-corrected chi connectivity index (χ1v) is 5.02. The molecule has 2 rings (SSSR count). The molecule has 3 N–H and O–H groups in total. The van der Waals surface area contributed by atoms with Crippen molar-refractivity contribution in [3.63, 3.8) is 0 Å². The van der Waals surface area contributed by atoms with Gasteiger partial charge in [-0.15, -0.1) is 11.3 Å². The van der Waals surface area contributed by atoms with Gasteiger partial charge in [-0.2, -0.15) is 0 Å². The second-order valence-corrected chi connectivity index (χ2v) is 4.81. The molecule has 2 nitrogen and oxygen atoms in total. The van der Waals surface area contributed by atoms with Crippen molar-refractivity contribution in [3.8, 4) is 0 Å². The van der Waals surface area contributed by atoms with Crippen LogP contribution >= 0.6 is 11.3 Å². The maximum atomic E-state index is 10.0. The topological polar surface area (TPSA) is 46.2 Å². The highest BCUT2D eigenvalue weighted by Crippen LogP contribution is 2.45. The molecule has 1 aliphatic rings. The van der Waals surface area contributed by atoms with Gasteiger partial charge in [-0.05, 0) is 32.3 Å². The molecule has 0 atom stereocenters. The number of nitrogens with two attached hydrogens (primary N) is 1. The average Bonchev–Trinajstić information content (AvgIpc) is 2.25. The summed E-state index contributed by atoms with van der Waals surface area (Å²) < 4.78 is 0. The number of nitrogen functional groups attached to an aromatic ring is 1. The highest BCUT2D eigenvalue weighted by atomic mass is 32.1. The minimum Gasteiger partial charge on any atom is -0.390 e. The molecule has 0 saturated heterocycles. The Morgan fingerprint density at radius 2 is 2.25 bits per heavy atom. The molecular weight excluding hydrogens is 170 g/mol. The fourth-order valence-corrected chi connectivity index (χ4v) is 2.56. The monoisotopic (exact) mass is 183 g/mol. The molecule has 0 bridgehead atoms. The number of aryl methyl sites for hydroxylation is 1. The summed E-state index contributed by atoms with van der Waals surface area (Å²) in [5.74, 6) is 0. The van der Waals surface area contributed by atoms with E-state index in [0.717, 1.165) is 29.8 Å². The molecule has 1 saturated carbocycles. The van der Waals surface area contributed by atoms with Crippen molar-refractivity contribution in [2.75, 3.05) is 5.73 Å². The lowest BCUT2D eigenvalue weighted by Crippen LogP contribution is -2.33. The maximum Gasteiger partial charge on any atom is 0.0925 e. The van der Waals surface area contributed by atoms with Gasteiger partial charge in [-0.3, -0.25) is 0 Å². The van der Waals surface area contributed by atoms with E-state index in [1.807, 2.05) is 13.0 Å². The summed E-state index contributed by atoms with van der Waals surface area (Å²) in [7, 11) is 0. The highest BCUT2D eigenvalue weighted by Gasteiger charge is 2.38. The van der Waals surface area contributed by atoms with Crippen LogP contribution in [0.25, 0.3) is 0 Å². The van der Waals surface area contributed by atoms with Crippen LogP contribution < -0.4 is 5.73 Å². The lowest BCUT2D eigenvalue weighted by Gasteiger charge is -2.36. The Morgan fingerprint density at radius 1 is 1.58 bits per heavy atom. The van der Waals surface area contributed by atoms with Gasteiger partial charge in [0.15, 0.2) is 0 Å². The third-order valence-corrected chi connectivity index (χ3v) is 3.45. The molecule has 0 amide bonds. The second-order valence-electron chi connectivity index (χ2n) is 3.52. The van der Waals surface area contributed by atoms with E-state index in [4.69, 9.17) is 5.73 Å². The molecule has 12 heavy (non-hydrogen) atoms. The Morgan fingerprint density at radius 3 is 2.58 bits per heavy atom. The molecule has 3 heteroatoms. The van der Waals surface area contributed by atoms with Crippen molar-refractivity contribution in [2.45, 2.75) is 31.8 Å². The molecule has 1 aromatic rings. The SMILES string of the molecule is Cc1cc(C2(O)CCC2)c(N)s1. The lowest BCUT2D eigenvalue weighted by molar-refractivity contribution is -0.0378. The number of rotatable bonds is 1. The third-order valence-electron chi connectivity index (χ3n) is 2.57. The van der Waals surface area contributed by atoms with E-state index >= 15 is 0 Å². The summed E-state index contributed by atoms with van der Waals surface area (Å²) in [6, 6.07) is 2.01. The van der Waals surface area contributed by atoms with E-state index in [-0.39, 0.29) is 0 Å². The number of thiophene rings is 1. The van der Waals surface area contributed by atoms with Gasteiger partial charge < -0.3 is 10.8 Å². The summed E-state index contributed by atoms with van der Waals surface area (Å²) in [5.41, 5.74) is 6.16. The summed E-state index contributed by atoms with van der Waals surface area (Å²) in [6.45, 7) is 2.02. The van der Waals surface area contributed by atoms with Gasteiger partial charge in [0.25, 0.3) is 0 Å². The molecule has 1 aliphatic carbocycles. The molecule has 0 aliphatic heterocycles. The first kappa shape index (κ1) is 8.08. The Labute approximate surface area is 76.0 Å². The van der Waals surface area contributed by atoms with Gasteiger partial charge in [-0.1, -0.05) is 0 Å². The second kappa shape index (κ2) is 2.47. The van der Waals surface area contributed by atoms with Crippen LogP contribution in [-0.2, 0) is 5.60 Å². The quantitative estimate of drug-likeness (QED) is 0.699. The summed E-state index contributed by atoms with van der Waals surface area (Å²) in [4.78, 5) is 1.18. The summed E-state index contributed by atoms with van der Waals surface area (Å²) in [6.07, 6.45) is 2.85. The molecule has 0 radical (unpaired) electrons. The first-order chi connectivity index (χ1) is 5.62. The van der Waals surface area contributed by atoms with E-state index in [1.54, 1.807) is 11.3 Å². The molecule has 1 aromatic heterocycles. The number of hydrogen-bond donors (Lipinski definition) is 2. The molecule has 1 heterocycles. The van der Waals surface area contributed by atoms with Gasteiger partial charge >= 0.3 is 0 Å². The fourth-order valence-electron chi connectivity index (χ4n) is 1.68. The van der Waals surface area contributed by atoms with Crippen molar-refractivity contribution >= 4 is 16.3 Å². The zero-order valence-corrected chi connectivity index (χ0v) is 7.95. The van der Waals surface area contributed by atoms with Gasteiger partial charge in [0.1, 0.15) is 0 Å². The largest absolute Gasteiger partial charge is 0.390 e. The molecule has 0 aromatic carbocycles. The minimum atomic E-state index is -0.588. The van der Waals surface area contributed by atoms with Gasteiger partial charge in [-0.25, -0.2) is 0 Å². The lowest BCUT2D eigenvalue weighted by atomic mass is 9.76. The van der Waals surface area contributed by atoms with Crippen LogP contribution in [0.3, 0.4) is 0 Å². The normalized spacial score (nSPS) is 20.5. The molecule has 0 spiro atoms. The van der Waals surface area contributed by atoms with Crippen molar-refractivity contribution in [2.24, 2.45) is 0 Å². The zero-order valence-electron chi connectivity index (χ0n) is 7.13. The van der Waals surface area contributed by atoms with Crippen molar-refractivity contribution in [3.05, 3.63) is 16.5 Å². The van der Waals surface area contributed by atoms with Gasteiger partial charge in [0.2, 0.25) is 0 Å². The number of anilines is 1. The molecule has 66 valence electrons. The predicted molar refractivity (Wildman–Crippen MR) is 51.2 cm³/mol. The summed E-state index contributed by atoms with van der Waals surface area (Å²) >= 11 is 1.56. The van der Waals surface area contributed by atoms with E-state index in [1.165, 1.54) is 4.88 Å². The number of aliphatic hydroxyl groups is 1. The van der Waals surface area contributed by atoms with Crippen molar-refractivity contribution in [1.82, 2.24) is 0 Å². The molecule has 1 fully saturated rings. The van der Waals surface area contributed by atoms with Crippen LogP contribution in [0, 0.1) is 6.92 Å². The zero-order chi connectivity index (χ0) is 8.77. The van der Waals surface area contributed by atoms with Crippen molar-refractivity contribution in [1.29, 1.82) is 0 Å². The van der Waals surface area contributed by atoms with Gasteiger partial charge in [0, 0.05) is 10.4 Å². The Kier molecular flexibility index (Phi) is 1.66. The van der Waals surface area contributed by atoms with Crippen molar-refractivity contribution < 1.29 is 5.11 Å². The van der Waals surface area contributed by atoms with E-state index in [2.05, 4.69) is 0 Å². The minimum absolute atomic E-state index is 0.588. The smallest absolute Gasteiger partial charge is 0.0925 e. The van der Waals surface area contributed by atoms with Crippen LogP contribution in [0.4, 0.5) is 5.00 Å². The highest BCUT2D eigenvalue weighted by molar-refractivity contribution is 7.16. The molecular formula is C9H13NOS. The van der Waals surface area contributed by atoms with Crippen LogP contribution in [0.5, 0.6) is 0 Å². The van der Waals surface area contributed by atoms with E-state index in [0.29, 0.717) is 0 Å². The Balaban J connectivity index is 2.38. The Hall–Kier alpha value is -0.540. The van der Waals surface area contributed by atoms with Crippen LogP contribution in [0.2, 0.25) is 0 Å². The Bertz CT molecular complexity index is 301.